The van der Waals surface area contributed by atoms with Crippen LogP contribution in [0.15, 0.2) is 11.6 Å². The van der Waals surface area contributed by atoms with Crippen molar-refractivity contribution in [3.8, 4) is 0 Å². The minimum atomic E-state index is -0.421. The van der Waals surface area contributed by atoms with Crippen LogP contribution in [0, 0.1) is 0 Å². The molecule has 4 nitrogen and oxygen atoms in total. The Hall–Kier alpha value is -0.590. The lowest BCUT2D eigenvalue weighted by Crippen LogP contribution is -2.41. The summed E-state index contributed by atoms with van der Waals surface area (Å²) in [6, 6.07) is -0.484. The van der Waals surface area contributed by atoms with Crippen molar-refractivity contribution >= 4 is 29.0 Å². The van der Waals surface area contributed by atoms with E-state index in [2.05, 4.69) is 10.3 Å². The van der Waals surface area contributed by atoms with E-state index in [1.54, 1.807) is 18.0 Å². The van der Waals surface area contributed by atoms with Gasteiger partial charge in [-0.25, -0.2) is 4.98 Å². The van der Waals surface area contributed by atoms with Gasteiger partial charge in [0.1, 0.15) is 5.01 Å². The molecule has 0 saturated heterocycles. The van der Waals surface area contributed by atoms with E-state index in [4.69, 9.17) is 5.73 Å². The van der Waals surface area contributed by atoms with Gasteiger partial charge < -0.3 is 11.1 Å². The number of carbonyl (C=O) groups excluding carboxylic acids is 1. The third kappa shape index (κ3) is 4.11. The van der Waals surface area contributed by atoms with Crippen molar-refractivity contribution in [2.75, 3.05) is 12.0 Å². The van der Waals surface area contributed by atoms with Gasteiger partial charge in [-0.1, -0.05) is 0 Å². The number of rotatable bonds is 6. The Labute approximate surface area is 104 Å². The molecule has 2 atom stereocenters. The monoisotopic (exact) mass is 259 g/mol. The normalized spacial score (nSPS) is 14.4. The summed E-state index contributed by atoms with van der Waals surface area (Å²) >= 11 is 3.23. The van der Waals surface area contributed by atoms with Crippen LogP contribution in [0.2, 0.25) is 0 Å². The Kier molecular flexibility index (Phi) is 5.79. The summed E-state index contributed by atoms with van der Waals surface area (Å²) in [5.74, 6) is 0.803. The summed E-state index contributed by atoms with van der Waals surface area (Å²) in [5, 5.41) is 5.67. The van der Waals surface area contributed by atoms with E-state index >= 15 is 0 Å². The molecule has 0 bridgehead atoms. The third-order valence-electron chi connectivity index (χ3n) is 2.15. The van der Waals surface area contributed by atoms with E-state index in [1.165, 1.54) is 11.3 Å². The largest absolute Gasteiger partial charge is 0.346 e. The molecule has 0 saturated carbocycles. The lowest BCUT2D eigenvalue weighted by molar-refractivity contribution is -0.123. The molecular formula is C10H17N3OS2. The first-order valence-electron chi connectivity index (χ1n) is 5.09. The van der Waals surface area contributed by atoms with Crippen LogP contribution >= 0.6 is 23.1 Å². The summed E-state index contributed by atoms with van der Waals surface area (Å²) in [6.07, 6.45) is 4.44. The van der Waals surface area contributed by atoms with E-state index in [-0.39, 0.29) is 11.9 Å². The molecule has 3 N–H and O–H groups in total. The molecule has 0 aliphatic rings. The lowest BCUT2D eigenvalue weighted by atomic mass is 10.2. The van der Waals surface area contributed by atoms with E-state index in [1.807, 2.05) is 18.6 Å². The van der Waals surface area contributed by atoms with Crippen molar-refractivity contribution in [3.05, 3.63) is 16.6 Å². The fraction of sp³-hybridized carbons (Fsp3) is 0.600. The summed E-state index contributed by atoms with van der Waals surface area (Å²) in [5.41, 5.74) is 5.76. The number of nitrogens with one attached hydrogen (secondary N) is 1. The summed E-state index contributed by atoms with van der Waals surface area (Å²) < 4.78 is 0. The highest BCUT2D eigenvalue weighted by Crippen LogP contribution is 2.14. The van der Waals surface area contributed by atoms with Gasteiger partial charge in [0.05, 0.1) is 12.1 Å². The van der Waals surface area contributed by atoms with Gasteiger partial charge in [0.15, 0.2) is 0 Å². The number of amides is 1. The number of aromatic nitrogens is 1. The third-order valence-corrected chi connectivity index (χ3v) is 3.75. The predicted octanol–water partition coefficient (Wildman–Crippen LogP) is 1.40. The Balaban J connectivity index is 2.39. The average Bonchev–Trinajstić information content (AvgIpc) is 2.79. The summed E-state index contributed by atoms with van der Waals surface area (Å²) in [7, 11) is 0. The average molecular weight is 259 g/mol. The quantitative estimate of drug-likeness (QED) is 0.810. The van der Waals surface area contributed by atoms with Crippen molar-refractivity contribution in [1.29, 1.82) is 0 Å². The smallest absolute Gasteiger partial charge is 0.237 e. The molecule has 1 rings (SSSR count). The summed E-state index contributed by atoms with van der Waals surface area (Å²) in [4.78, 5) is 15.8. The second kappa shape index (κ2) is 6.88. The van der Waals surface area contributed by atoms with Crippen molar-refractivity contribution in [1.82, 2.24) is 10.3 Å². The molecule has 0 aliphatic carbocycles. The van der Waals surface area contributed by atoms with Gasteiger partial charge >= 0.3 is 0 Å². The fourth-order valence-electron chi connectivity index (χ4n) is 1.21. The maximum Gasteiger partial charge on any atom is 0.237 e. The Morgan fingerprint density at radius 3 is 3.06 bits per heavy atom. The van der Waals surface area contributed by atoms with Gasteiger partial charge in [-0.15, -0.1) is 11.3 Å². The second-order valence-corrected chi connectivity index (χ2v) is 5.40. The molecule has 1 amide bonds. The second-order valence-electron chi connectivity index (χ2n) is 3.49. The lowest BCUT2D eigenvalue weighted by Gasteiger charge is -2.15. The fourth-order valence-corrected chi connectivity index (χ4v) is 2.34. The van der Waals surface area contributed by atoms with Gasteiger partial charge in [-0.2, -0.15) is 11.8 Å². The molecule has 0 aromatic carbocycles. The minimum Gasteiger partial charge on any atom is -0.346 e. The zero-order chi connectivity index (χ0) is 12.0. The minimum absolute atomic E-state index is 0.0622. The first-order valence-corrected chi connectivity index (χ1v) is 7.36. The zero-order valence-corrected chi connectivity index (χ0v) is 11.1. The Morgan fingerprint density at radius 1 is 1.75 bits per heavy atom. The van der Waals surface area contributed by atoms with Crippen LogP contribution in [0.5, 0.6) is 0 Å². The molecule has 1 aromatic rings. The highest BCUT2D eigenvalue weighted by atomic mass is 32.2. The number of carbonyl (C=O) groups is 1. The maximum atomic E-state index is 11.7. The maximum absolute atomic E-state index is 11.7. The standard InChI is InChI=1S/C10H17N3OS2/c1-7(10-12-4-6-16-10)13-9(14)8(11)3-5-15-2/h4,6-8H,3,5,11H2,1-2H3,(H,13,14)/t7?,8-/m0/s1. The summed E-state index contributed by atoms with van der Waals surface area (Å²) in [6.45, 7) is 1.91. The van der Waals surface area contributed by atoms with E-state index in [0.717, 1.165) is 10.8 Å². The number of nitrogens with zero attached hydrogens (tertiary/aromatic N) is 1. The molecule has 1 aromatic heterocycles. The number of thiazole rings is 1. The van der Waals surface area contributed by atoms with Gasteiger partial charge in [-0.3, -0.25) is 4.79 Å². The Morgan fingerprint density at radius 2 is 2.50 bits per heavy atom. The van der Waals surface area contributed by atoms with Crippen molar-refractivity contribution < 1.29 is 4.79 Å². The molecule has 0 aliphatic heterocycles. The van der Waals surface area contributed by atoms with E-state index in [0.29, 0.717) is 6.42 Å². The molecular weight excluding hydrogens is 242 g/mol. The van der Waals surface area contributed by atoms with Crippen LogP contribution in [0.4, 0.5) is 0 Å². The zero-order valence-electron chi connectivity index (χ0n) is 9.47. The first kappa shape index (κ1) is 13.5. The molecule has 1 unspecified atom stereocenters. The van der Waals surface area contributed by atoms with Crippen LogP contribution in [0.3, 0.4) is 0 Å². The van der Waals surface area contributed by atoms with Crippen LogP contribution in [0.1, 0.15) is 24.4 Å². The van der Waals surface area contributed by atoms with Gasteiger partial charge in [-0.05, 0) is 25.4 Å². The first-order chi connectivity index (χ1) is 7.65. The number of thioether (sulfide) groups is 1. The topological polar surface area (TPSA) is 68.0 Å². The molecule has 1 heterocycles. The molecule has 0 fully saturated rings. The van der Waals surface area contributed by atoms with Crippen LogP contribution in [-0.2, 0) is 4.79 Å². The van der Waals surface area contributed by atoms with E-state index < -0.39 is 6.04 Å². The van der Waals surface area contributed by atoms with Gasteiger partial charge in [0.25, 0.3) is 0 Å². The number of nitrogens with two attached hydrogens (primary N) is 1. The van der Waals surface area contributed by atoms with Gasteiger partial charge in [0.2, 0.25) is 5.91 Å². The number of hydrogen-bond donors (Lipinski definition) is 2. The van der Waals surface area contributed by atoms with Crippen LogP contribution in [-0.4, -0.2) is 28.9 Å². The van der Waals surface area contributed by atoms with Crippen LogP contribution in [0.25, 0.3) is 0 Å². The van der Waals surface area contributed by atoms with Crippen molar-refractivity contribution in [2.45, 2.75) is 25.4 Å². The van der Waals surface area contributed by atoms with Gasteiger partial charge in [0, 0.05) is 11.6 Å². The predicted molar refractivity (Wildman–Crippen MR) is 69.6 cm³/mol. The highest BCUT2D eigenvalue weighted by molar-refractivity contribution is 7.98. The molecule has 0 spiro atoms. The highest BCUT2D eigenvalue weighted by Gasteiger charge is 2.17. The van der Waals surface area contributed by atoms with Crippen LogP contribution < -0.4 is 11.1 Å². The van der Waals surface area contributed by atoms with E-state index in [9.17, 15) is 4.79 Å². The molecule has 6 heteroatoms. The number of hydrogen-bond acceptors (Lipinski definition) is 5. The Bertz CT molecular complexity index is 316. The molecule has 90 valence electrons. The van der Waals surface area contributed by atoms with Crippen molar-refractivity contribution in [3.63, 3.8) is 0 Å². The SMILES string of the molecule is CSCC[C@H](N)C(=O)NC(C)c1nccs1. The molecule has 16 heavy (non-hydrogen) atoms. The van der Waals surface area contributed by atoms with Crippen molar-refractivity contribution in [2.24, 2.45) is 5.73 Å². The molecule has 0 radical (unpaired) electrons.